The highest BCUT2D eigenvalue weighted by molar-refractivity contribution is 8.23. The smallest absolute Gasteiger partial charge is 0.240 e. The van der Waals surface area contributed by atoms with E-state index < -0.39 is 42.9 Å². The molecule has 0 bridgehead atoms. The van der Waals surface area contributed by atoms with Crippen LogP contribution in [0.25, 0.3) is 11.0 Å². The number of allylic oxidation sites excluding steroid dienone is 4. The molecule has 1 saturated heterocycles. The van der Waals surface area contributed by atoms with Crippen molar-refractivity contribution in [1.82, 2.24) is 19.4 Å². The fourth-order valence-corrected chi connectivity index (χ4v) is 8.02. The van der Waals surface area contributed by atoms with E-state index in [9.17, 15) is 22.3 Å². The van der Waals surface area contributed by atoms with Crippen LogP contribution in [0, 0.1) is 0 Å². The monoisotopic (exact) mass is 596 g/mol. The molecule has 5 N–H and O–H groups in total. The van der Waals surface area contributed by atoms with Gasteiger partial charge in [-0.15, -0.1) is 22.4 Å². The Kier molecular flexibility index (Phi) is 7.14. The Bertz CT molecular complexity index is 1570. The van der Waals surface area contributed by atoms with Crippen molar-refractivity contribution in [3.63, 3.8) is 0 Å². The maximum atomic E-state index is 13.4. The highest BCUT2D eigenvalue weighted by Crippen LogP contribution is 2.56. The Morgan fingerprint density at radius 3 is 2.63 bits per heavy atom. The predicted octanol–water partition coefficient (Wildman–Crippen LogP) is 5.49. The second-order valence-electron chi connectivity index (χ2n) is 9.66. The van der Waals surface area contributed by atoms with Gasteiger partial charge < -0.3 is 4.98 Å². The quantitative estimate of drug-likeness (QED) is 0.228. The molecule has 2 unspecified atom stereocenters. The molecule has 1 aliphatic heterocycles. The first-order valence-corrected chi connectivity index (χ1v) is 15.6. The highest BCUT2D eigenvalue weighted by Gasteiger charge is 2.38. The van der Waals surface area contributed by atoms with Gasteiger partial charge >= 0.3 is 0 Å². The number of fused-ring (bicyclic) bond motifs is 1. The molecule has 3 aromatic rings. The first-order valence-electron chi connectivity index (χ1n) is 11.7. The van der Waals surface area contributed by atoms with Crippen LogP contribution in [0.5, 0.6) is 0 Å². The second kappa shape index (κ2) is 9.98. The molecule has 1 aliphatic carbocycles. The van der Waals surface area contributed by atoms with Gasteiger partial charge in [-0.05, 0) is 48.7 Å². The Balaban J connectivity index is 1.45. The SMILES string of the molecule is CC1(Cl)C=CC=C(S(=O)(=O)N[C@@H](Cc2ccc(C3CC(=O)NS3(O)O)cc2)c2nc3ccc(Cl)cc3[nH]2)C1. The van der Waals surface area contributed by atoms with Gasteiger partial charge in [-0.3, -0.25) is 18.6 Å². The van der Waals surface area contributed by atoms with Crippen LogP contribution < -0.4 is 9.44 Å². The van der Waals surface area contributed by atoms with Gasteiger partial charge in [0.1, 0.15) is 11.1 Å². The molecule has 3 atom stereocenters. The number of aromatic nitrogens is 2. The maximum Gasteiger partial charge on any atom is 0.240 e. The molecule has 1 fully saturated rings. The zero-order valence-corrected chi connectivity index (χ0v) is 23.3. The van der Waals surface area contributed by atoms with Crippen molar-refractivity contribution in [3.8, 4) is 0 Å². The lowest BCUT2D eigenvalue weighted by Gasteiger charge is -2.32. The number of nitrogens with one attached hydrogen (secondary N) is 3. The molecular formula is C25H26Cl2N4O5S2. The molecule has 2 heterocycles. The molecule has 9 nitrogen and oxygen atoms in total. The minimum atomic E-state index is -3.93. The van der Waals surface area contributed by atoms with E-state index in [1.165, 1.54) is 6.08 Å². The van der Waals surface area contributed by atoms with Crippen molar-refractivity contribution in [2.45, 2.75) is 42.4 Å². The van der Waals surface area contributed by atoms with Gasteiger partial charge in [-0.1, -0.05) is 48.0 Å². The number of benzene rings is 2. The number of hydrogen-bond acceptors (Lipinski definition) is 6. The Morgan fingerprint density at radius 2 is 1.97 bits per heavy atom. The number of rotatable bonds is 7. The minimum Gasteiger partial charge on any atom is -0.341 e. The van der Waals surface area contributed by atoms with Crippen molar-refractivity contribution in [2.75, 3.05) is 0 Å². The molecule has 2 aromatic carbocycles. The number of H-pyrrole nitrogens is 1. The van der Waals surface area contributed by atoms with Crippen molar-refractivity contribution in [3.05, 3.63) is 87.6 Å². The van der Waals surface area contributed by atoms with E-state index >= 15 is 0 Å². The third-order valence-electron chi connectivity index (χ3n) is 6.50. The molecule has 0 saturated carbocycles. The number of sulfonamides is 1. The zero-order valence-electron chi connectivity index (χ0n) is 20.2. The van der Waals surface area contributed by atoms with Crippen LogP contribution in [0.4, 0.5) is 0 Å². The predicted molar refractivity (Wildman–Crippen MR) is 150 cm³/mol. The van der Waals surface area contributed by atoms with Crippen LogP contribution >= 0.6 is 34.0 Å². The Labute approximate surface area is 231 Å². The zero-order chi connectivity index (χ0) is 27.3. The molecule has 1 amide bonds. The fraction of sp³-hybridized carbons (Fsp3) is 0.280. The molecule has 202 valence electrons. The second-order valence-corrected chi connectivity index (χ2v) is 14.7. The molecule has 5 rings (SSSR count). The largest absolute Gasteiger partial charge is 0.341 e. The van der Waals surface area contributed by atoms with Gasteiger partial charge in [0.2, 0.25) is 15.9 Å². The standard InChI is InChI=1S/C25H26Cl2N4O5S2/c1-25(27)10-2-3-18(14-25)37(33,34)30-21(24-28-19-9-8-17(26)12-20(19)29-24)11-15-4-6-16(7-5-15)22-13-23(32)31-38(22,35)36/h2-10,12,21-22,30,35-36H,11,13-14H2,1H3,(H,28,29)(H,31,32)/t21-,22?,25?/m0/s1. The van der Waals surface area contributed by atoms with E-state index in [0.717, 1.165) is 5.56 Å². The van der Waals surface area contributed by atoms with Gasteiger partial charge in [-0.25, -0.2) is 18.1 Å². The molecule has 1 aromatic heterocycles. The normalized spacial score (nSPS) is 24.7. The number of imidazole rings is 1. The molecule has 2 aliphatic rings. The average Bonchev–Trinajstić information content (AvgIpc) is 3.37. The number of carbonyl (C=O) groups excluding carboxylic acids is 1. The molecule has 13 heteroatoms. The lowest BCUT2D eigenvalue weighted by molar-refractivity contribution is -0.118. The third-order valence-corrected chi connectivity index (χ3v) is 10.3. The van der Waals surface area contributed by atoms with Gasteiger partial charge in [-0.2, -0.15) is 0 Å². The number of alkyl halides is 1. The van der Waals surface area contributed by atoms with Crippen LogP contribution in [0.15, 0.2) is 65.6 Å². The first-order chi connectivity index (χ1) is 17.8. The average molecular weight is 598 g/mol. The lowest BCUT2D eigenvalue weighted by Crippen LogP contribution is -2.34. The van der Waals surface area contributed by atoms with Gasteiger partial charge in [0.15, 0.2) is 0 Å². The van der Waals surface area contributed by atoms with E-state index in [0.29, 0.717) is 27.4 Å². The van der Waals surface area contributed by atoms with E-state index in [1.807, 2.05) is 0 Å². The molecular weight excluding hydrogens is 571 g/mol. The topological polar surface area (TPSA) is 144 Å². The number of aromatic amines is 1. The first kappa shape index (κ1) is 27.2. The van der Waals surface area contributed by atoms with E-state index in [1.54, 1.807) is 61.5 Å². The summed E-state index contributed by atoms with van der Waals surface area (Å²) in [7, 11) is -7.20. The number of amides is 1. The maximum absolute atomic E-state index is 13.4. The summed E-state index contributed by atoms with van der Waals surface area (Å²) in [6, 6.07) is 11.4. The summed E-state index contributed by atoms with van der Waals surface area (Å²) in [5.74, 6) is -0.00582. The molecule has 0 spiro atoms. The highest BCUT2D eigenvalue weighted by atomic mass is 35.5. The number of halogens is 2. The minimum absolute atomic E-state index is 0.0191. The summed E-state index contributed by atoms with van der Waals surface area (Å²) in [5.41, 5.74) is 2.68. The molecule has 0 radical (unpaired) electrons. The fourth-order valence-electron chi connectivity index (χ4n) is 4.60. The van der Waals surface area contributed by atoms with Crippen LogP contribution in [-0.2, 0) is 21.2 Å². The van der Waals surface area contributed by atoms with Crippen molar-refractivity contribution < 1.29 is 22.3 Å². The summed E-state index contributed by atoms with van der Waals surface area (Å²) >= 11 is 12.5. The Hall–Kier alpha value is -2.38. The van der Waals surface area contributed by atoms with E-state index in [4.69, 9.17) is 23.2 Å². The van der Waals surface area contributed by atoms with Crippen LogP contribution in [0.3, 0.4) is 0 Å². The van der Waals surface area contributed by atoms with Crippen molar-refractivity contribution >= 4 is 60.9 Å². The Morgan fingerprint density at radius 1 is 1.24 bits per heavy atom. The summed E-state index contributed by atoms with van der Waals surface area (Å²) in [4.78, 5) is 18.8. The number of hydrogen-bond donors (Lipinski definition) is 5. The van der Waals surface area contributed by atoms with E-state index in [-0.39, 0.29) is 24.2 Å². The van der Waals surface area contributed by atoms with Crippen LogP contribution in [0.1, 0.15) is 48.0 Å². The van der Waals surface area contributed by atoms with Crippen LogP contribution in [-0.4, -0.2) is 38.3 Å². The van der Waals surface area contributed by atoms with Crippen molar-refractivity contribution in [2.24, 2.45) is 0 Å². The van der Waals surface area contributed by atoms with Gasteiger partial charge in [0.05, 0.1) is 33.3 Å². The molecule has 38 heavy (non-hydrogen) atoms. The van der Waals surface area contributed by atoms with E-state index in [2.05, 4.69) is 19.4 Å². The van der Waals surface area contributed by atoms with Crippen molar-refractivity contribution in [1.29, 1.82) is 0 Å². The lowest BCUT2D eigenvalue weighted by atomic mass is 10.0. The number of carbonyl (C=O) groups is 1. The third kappa shape index (κ3) is 5.79. The summed E-state index contributed by atoms with van der Waals surface area (Å²) in [5, 5.41) is -0.221. The van der Waals surface area contributed by atoms with Gasteiger partial charge in [0, 0.05) is 11.4 Å². The summed E-state index contributed by atoms with van der Waals surface area (Å²) < 4.78 is 52.3. The van der Waals surface area contributed by atoms with Gasteiger partial charge in [0.25, 0.3) is 0 Å². The summed E-state index contributed by atoms with van der Waals surface area (Å²) in [6.45, 7) is 1.75. The number of nitrogens with zero attached hydrogens (tertiary/aromatic N) is 1. The van der Waals surface area contributed by atoms with Crippen LogP contribution in [0.2, 0.25) is 5.02 Å². The summed E-state index contributed by atoms with van der Waals surface area (Å²) in [6.07, 6.45) is 5.28.